The van der Waals surface area contributed by atoms with Gasteiger partial charge in [-0.05, 0) is 25.0 Å². The molecule has 0 aliphatic heterocycles. The SMILES string of the molecule is OCC#Cc1ccc(CN(CC(F)(F)F)C2CC2)c(F)c1. The molecule has 0 spiro atoms. The van der Waals surface area contributed by atoms with Crippen LogP contribution in [0.25, 0.3) is 0 Å². The summed E-state index contributed by atoms with van der Waals surface area (Å²) in [7, 11) is 0. The van der Waals surface area contributed by atoms with Crippen LogP contribution in [0.5, 0.6) is 0 Å². The first kappa shape index (κ1) is 15.8. The molecule has 0 unspecified atom stereocenters. The molecule has 21 heavy (non-hydrogen) atoms. The lowest BCUT2D eigenvalue weighted by Gasteiger charge is -2.23. The van der Waals surface area contributed by atoms with Gasteiger partial charge in [0.15, 0.2) is 0 Å². The normalized spacial score (nSPS) is 15.0. The Morgan fingerprint density at radius 2 is 2.00 bits per heavy atom. The van der Waals surface area contributed by atoms with Crippen LogP contribution in [-0.2, 0) is 6.54 Å². The molecule has 6 heteroatoms. The Balaban J connectivity index is 2.10. The van der Waals surface area contributed by atoms with Crippen molar-refractivity contribution in [2.45, 2.75) is 31.6 Å². The monoisotopic (exact) mass is 301 g/mol. The molecule has 1 aromatic carbocycles. The lowest BCUT2D eigenvalue weighted by atomic mass is 10.1. The van der Waals surface area contributed by atoms with E-state index in [9.17, 15) is 17.6 Å². The van der Waals surface area contributed by atoms with Gasteiger partial charge in [-0.2, -0.15) is 13.2 Å². The van der Waals surface area contributed by atoms with Crippen molar-refractivity contribution in [3.8, 4) is 11.8 Å². The molecule has 1 N–H and O–H groups in total. The van der Waals surface area contributed by atoms with E-state index in [4.69, 9.17) is 5.11 Å². The summed E-state index contributed by atoms with van der Waals surface area (Å²) in [6.07, 6.45) is -2.85. The van der Waals surface area contributed by atoms with Gasteiger partial charge in [0.25, 0.3) is 0 Å². The van der Waals surface area contributed by atoms with Crippen LogP contribution in [0, 0.1) is 17.7 Å². The minimum absolute atomic E-state index is 0.0658. The highest BCUT2D eigenvalue weighted by Gasteiger charge is 2.38. The van der Waals surface area contributed by atoms with E-state index in [-0.39, 0.29) is 24.8 Å². The molecule has 1 fully saturated rings. The summed E-state index contributed by atoms with van der Waals surface area (Å²) in [5, 5.41) is 8.57. The van der Waals surface area contributed by atoms with Crippen molar-refractivity contribution in [3.63, 3.8) is 0 Å². The number of nitrogens with zero attached hydrogens (tertiary/aromatic N) is 1. The molecule has 0 heterocycles. The summed E-state index contributed by atoms with van der Waals surface area (Å²) in [4.78, 5) is 1.26. The van der Waals surface area contributed by atoms with E-state index in [1.165, 1.54) is 17.0 Å². The molecule has 2 nitrogen and oxygen atoms in total. The van der Waals surface area contributed by atoms with Gasteiger partial charge in [-0.3, -0.25) is 4.90 Å². The first-order valence-electron chi connectivity index (χ1n) is 6.58. The number of halogens is 4. The predicted octanol–water partition coefficient (Wildman–Crippen LogP) is 2.70. The van der Waals surface area contributed by atoms with Crippen LogP contribution in [0.2, 0.25) is 0 Å². The minimum Gasteiger partial charge on any atom is -0.384 e. The van der Waals surface area contributed by atoms with E-state index in [2.05, 4.69) is 11.8 Å². The second-order valence-corrected chi connectivity index (χ2v) is 5.02. The molecular formula is C15H15F4NO. The molecular weight excluding hydrogens is 286 g/mol. The zero-order chi connectivity index (χ0) is 15.5. The van der Waals surface area contributed by atoms with E-state index in [1.807, 2.05) is 0 Å². The number of hydrogen-bond acceptors (Lipinski definition) is 2. The van der Waals surface area contributed by atoms with Crippen molar-refractivity contribution in [2.75, 3.05) is 13.2 Å². The maximum Gasteiger partial charge on any atom is 0.401 e. The van der Waals surface area contributed by atoms with Gasteiger partial charge in [0.1, 0.15) is 12.4 Å². The topological polar surface area (TPSA) is 23.5 Å². The molecule has 2 rings (SSSR count). The third-order valence-corrected chi connectivity index (χ3v) is 3.18. The van der Waals surface area contributed by atoms with Gasteiger partial charge in [-0.25, -0.2) is 4.39 Å². The Morgan fingerprint density at radius 3 is 2.52 bits per heavy atom. The van der Waals surface area contributed by atoms with Gasteiger partial charge >= 0.3 is 6.18 Å². The number of aliphatic hydroxyl groups excluding tert-OH is 1. The Labute approximate surface area is 120 Å². The Morgan fingerprint density at radius 1 is 1.29 bits per heavy atom. The molecule has 1 aliphatic rings. The molecule has 0 saturated heterocycles. The Hall–Kier alpha value is -1.58. The zero-order valence-corrected chi connectivity index (χ0v) is 11.3. The molecule has 1 aliphatic carbocycles. The highest BCUT2D eigenvalue weighted by Crippen LogP contribution is 2.31. The summed E-state index contributed by atoms with van der Waals surface area (Å²) < 4.78 is 51.5. The average Bonchev–Trinajstić information content (AvgIpc) is 3.21. The number of aliphatic hydroxyl groups is 1. The maximum absolute atomic E-state index is 13.9. The van der Waals surface area contributed by atoms with Crippen molar-refractivity contribution >= 4 is 0 Å². The van der Waals surface area contributed by atoms with Crippen LogP contribution in [0.4, 0.5) is 17.6 Å². The van der Waals surface area contributed by atoms with E-state index >= 15 is 0 Å². The summed E-state index contributed by atoms with van der Waals surface area (Å²) >= 11 is 0. The largest absolute Gasteiger partial charge is 0.401 e. The maximum atomic E-state index is 13.9. The van der Waals surface area contributed by atoms with Gasteiger partial charge in [0, 0.05) is 23.7 Å². The fourth-order valence-electron chi connectivity index (χ4n) is 2.10. The fraction of sp³-hybridized carbons (Fsp3) is 0.467. The van der Waals surface area contributed by atoms with Gasteiger partial charge in [-0.1, -0.05) is 17.9 Å². The molecule has 0 bridgehead atoms. The molecule has 0 radical (unpaired) electrons. The fourth-order valence-corrected chi connectivity index (χ4v) is 2.10. The summed E-state index contributed by atoms with van der Waals surface area (Å²) in [6, 6.07) is 4.05. The van der Waals surface area contributed by atoms with Crippen molar-refractivity contribution in [2.24, 2.45) is 0 Å². The Kier molecular flexibility index (Phi) is 4.86. The van der Waals surface area contributed by atoms with Crippen LogP contribution in [0.15, 0.2) is 18.2 Å². The highest BCUT2D eigenvalue weighted by molar-refractivity contribution is 5.37. The number of rotatable bonds is 4. The molecule has 1 saturated carbocycles. The first-order valence-corrected chi connectivity index (χ1v) is 6.58. The average molecular weight is 301 g/mol. The summed E-state index contributed by atoms with van der Waals surface area (Å²) in [5.74, 6) is 4.37. The molecule has 114 valence electrons. The summed E-state index contributed by atoms with van der Waals surface area (Å²) in [6.45, 7) is -1.42. The van der Waals surface area contributed by atoms with Crippen LogP contribution in [-0.4, -0.2) is 35.4 Å². The quantitative estimate of drug-likeness (QED) is 0.683. The second kappa shape index (κ2) is 6.46. The van der Waals surface area contributed by atoms with Crippen LogP contribution < -0.4 is 0 Å². The zero-order valence-electron chi connectivity index (χ0n) is 11.3. The van der Waals surface area contributed by atoms with E-state index in [1.54, 1.807) is 6.07 Å². The number of hydrogen-bond donors (Lipinski definition) is 1. The van der Waals surface area contributed by atoms with Gasteiger partial charge in [-0.15, -0.1) is 0 Å². The lowest BCUT2D eigenvalue weighted by molar-refractivity contribution is -0.148. The second-order valence-electron chi connectivity index (χ2n) is 5.02. The van der Waals surface area contributed by atoms with Gasteiger partial charge < -0.3 is 5.11 Å². The molecule has 0 aromatic heterocycles. The first-order chi connectivity index (χ1) is 9.89. The van der Waals surface area contributed by atoms with Gasteiger partial charge in [0.05, 0.1) is 6.54 Å². The number of alkyl halides is 3. The lowest BCUT2D eigenvalue weighted by Crippen LogP contribution is -2.35. The van der Waals surface area contributed by atoms with Crippen LogP contribution in [0.1, 0.15) is 24.0 Å². The highest BCUT2D eigenvalue weighted by atomic mass is 19.4. The molecule has 0 atom stereocenters. The smallest absolute Gasteiger partial charge is 0.384 e. The third kappa shape index (κ3) is 5.03. The van der Waals surface area contributed by atoms with Gasteiger partial charge in [0.2, 0.25) is 0 Å². The Bertz CT molecular complexity index is 555. The van der Waals surface area contributed by atoms with Crippen molar-refractivity contribution < 1.29 is 22.7 Å². The van der Waals surface area contributed by atoms with Crippen molar-refractivity contribution in [1.82, 2.24) is 4.90 Å². The van der Waals surface area contributed by atoms with E-state index in [0.29, 0.717) is 5.56 Å². The van der Waals surface area contributed by atoms with Crippen molar-refractivity contribution in [1.29, 1.82) is 0 Å². The standard InChI is InChI=1S/C15H15F4NO/c16-14-8-11(2-1-7-21)3-4-12(14)9-20(13-5-6-13)10-15(17,18)19/h3-4,8,13,21H,5-7,9-10H2. The number of benzene rings is 1. The van der Waals surface area contributed by atoms with E-state index in [0.717, 1.165) is 12.8 Å². The minimum atomic E-state index is -4.29. The van der Waals surface area contributed by atoms with Crippen LogP contribution in [0.3, 0.4) is 0 Å². The van der Waals surface area contributed by atoms with Crippen LogP contribution >= 0.6 is 0 Å². The molecule has 1 aromatic rings. The third-order valence-electron chi connectivity index (χ3n) is 3.18. The van der Waals surface area contributed by atoms with E-state index < -0.39 is 18.5 Å². The van der Waals surface area contributed by atoms with Crippen molar-refractivity contribution in [3.05, 3.63) is 35.1 Å². The predicted molar refractivity (Wildman–Crippen MR) is 69.9 cm³/mol. The summed E-state index contributed by atoms with van der Waals surface area (Å²) in [5.41, 5.74) is 0.611. The molecule has 0 amide bonds.